The average Bonchev–Trinajstić information content (AvgIpc) is 2.41. The van der Waals surface area contributed by atoms with Crippen molar-refractivity contribution in [3.63, 3.8) is 0 Å². The van der Waals surface area contributed by atoms with Crippen LogP contribution in [0.25, 0.3) is 0 Å². The fraction of sp³-hybridized carbons (Fsp3) is 0.133. The van der Waals surface area contributed by atoms with E-state index < -0.39 is 0 Å². The Bertz CT molecular complexity index is 547. The predicted octanol–water partition coefficient (Wildman–Crippen LogP) is 2.65. The fourth-order valence-electron chi connectivity index (χ4n) is 1.79. The van der Waals surface area contributed by atoms with Crippen molar-refractivity contribution < 1.29 is 9.53 Å². The second-order valence-corrected chi connectivity index (χ2v) is 4.06. The molecule has 2 aromatic carbocycles. The normalized spacial score (nSPS) is 10.1. The van der Waals surface area contributed by atoms with E-state index in [0.29, 0.717) is 5.56 Å². The third-order valence-electron chi connectivity index (χ3n) is 2.82. The summed E-state index contributed by atoms with van der Waals surface area (Å²) in [6.07, 6.45) is 0.758. The number of hydrogen-bond acceptors (Lipinski definition) is 3. The molecular weight excluding hydrogens is 226 g/mol. The molecule has 0 saturated carbocycles. The van der Waals surface area contributed by atoms with Gasteiger partial charge in [-0.2, -0.15) is 0 Å². The zero-order valence-corrected chi connectivity index (χ0v) is 10.2. The van der Waals surface area contributed by atoms with Gasteiger partial charge in [0.15, 0.2) is 0 Å². The number of anilines is 1. The van der Waals surface area contributed by atoms with E-state index in [1.807, 2.05) is 36.4 Å². The molecule has 92 valence electrons. The molecule has 2 aromatic rings. The first kappa shape index (κ1) is 12.2. The standard InChI is InChI=1S/C15H15NO2/c1-18-15(17)12-8-6-11(7-9-12)10-13-4-2-3-5-14(13)16/h2-9H,10,16H2,1H3. The van der Waals surface area contributed by atoms with E-state index in [2.05, 4.69) is 4.74 Å². The topological polar surface area (TPSA) is 52.3 Å². The number of nitrogens with two attached hydrogens (primary N) is 1. The molecule has 0 radical (unpaired) electrons. The summed E-state index contributed by atoms with van der Waals surface area (Å²) >= 11 is 0. The molecular formula is C15H15NO2. The Morgan fingerprint density at radius 3 is 2.39 bits per heavy atom. The number of hydrogen-bond donors (Lipinski definition) is 1. The number of carbonyl (C=O) groups is 1. The maximum atomic E-state index is 11.3. The van der Waals surface area contributed by atoms with Crippen LogP contribution in [0.2, 0.25) is 0 Å². The lowest BCUT2D eigenvalue weighted by atomic mass is 10.0. The second-order valence-electron chi connectivity index (χ2n) is 4.06. The highest BCUT2D eigenvalue weighted by atomic mass is 16.5. The van der Waals surface area contributed by atoms with Crippen molar-refractivity contribution >= 4 is 11.7 Å². The van der Waals surface area contributed by atoms with Crippen LogP contribution in [0.5, 0.6) is 0 Å². The Balaban J connectivity index is 2.16. The van der Waals surface area contributed by atoms with Crippen molar-refractivity contribution in [2.75, 3.05) is 12.8 Å². The van der Waals surface area contributed by atoms with Crippen molar-refractivity contribution in [3.8, 4) is 0 Å². The molecule has 18 heavy (non-hydrogen) atoms. The first-order valence-electron chi connectivity index (χ1n) is 5.71. The summed E-state index contributed by atoms with van der Waals surface area (Å²) in [4.78, 5) is 11.3. The maximum Gasteiger partial charge on any atom is 0.337 e. The van der Waals surface area contributed by atoms with Gasteiger partial charge in [0.1, 0.15) is 0 Å². The third kappa shape index (κ3) is 2.69. The largest absolute Gasteiger partial charge is 0.465 e. The average molecular weight is 241 g/mol. The molecule has 0 amide bonds. The predicted molar refractivity (Wildman–Crippen MR) is 71.4 cm³/mol. The number of nitrogen functional groups attached to an aromatic ring is 1. The van der Waals surface area contributed by atoms with Crippen molar-refractivity contribution in [1.82, 2.24) is 0 Å². The van der Waals surface area contributed by atoms with Crippen LogP contribution in [0, 0.1) is 0 Å². The zero-order valence-electron chi connectivity index (χ0n) is 10.2. The van der Waals surface area contributed by atoms with E-state index >= 15 is 0 Å². The van der Waals surface area contributed by atoms with Crippen molar-refractivity contribution in [2.45, 2.75) is 6.42 Å². The molecule has 0 aliphatic rings. The molecule has 3 nitrogen and oxygen atoms in total. The van der Waals surface area contributed by atoms with Crippen LogP contribution in [0.4, 0.5) is 5.69 Å². The van der Waals surface area contributed by atoms with Crippen LogP contribution in [0.3, 0.4) is 0 Å². The Hall–Kier alpha value is -2.29. The molecule has 0 saturated heterocycles. The van der Waals surface area contributed by atoms with Crippen molar-refractivity contribution in [1.29, 1.82) is 0 Å². The minimum absolute atomic E-state index is 0.319. The number of benzene rings is 2. The van der Waals surface area contributed by atoms with Crippen LogP contribution < -0.4 is 5.73 Å². The Morgan fingerprint density at radius 2 is 1.78 bits per heavy atom. The summed E-state index contributed by atoms with van der Waals surface area (Å²) in [5, 5.41) is 0. The molecule has 0 unspecified atom stereocenters. The number of rotatable bonds is 3. The monoisotopic (exact) mass is 241 g/mol. The Labute approximate surface area is 106 Å². The first-order chi connectivity index (χ1) is 8.70. The van der Waals surface area contributed by atoms with Gasteiger partial charge in [-0.1, -0.05) is 30.3 Å². The molecule has 3 heteroatoms. The summed E-state index contributed by atoms with van der Waals surface area (Å²) in [7, 11) is 1.38. The van der Waals surface area contributed by atoms with Crippen molar-refractivity contribution in [2.24, 2.45) is 0 Å². The van der Waals surface area contributed by atoms with E-state index in [9.17, 15) is 4.79 Å². The van der Waals surface area contributed by atoms with Gasteiger partial charge in [0.25, 0.3) is 0 Å². The van der Waals surface area contributed by atoms with Gasteiger partial charge in [-0.15, -0.1) is 0 Å². The van der Waals surface area contributed by atoms with Gasteiger partial charge in [0.05, 0.1) is 12.7 Å². The highest BCUT2D eigenvalue weighted by Gasteiger charge is 2.05. The number of carbonyl (C=O) groups excluding carboxylic acids is 1. The summed E-state index contributed by atoms with van der Waals surface area (Å²) in [6, 6.07) is 15.1. The van der Waals surface area contributed by atoms with Gasteiger partial charge >= 0.3 is 5.97 Å². The molecule has 0 spiro atoms. The molecule has 2 rings (SSSR count). The lowest BCUT2D eigenvalue weighted by Gasteiger charge is -2.06. The zero-order chi connectivity index (χ0) is 13.0. The van der Waals surface area contributed by atoms with Crippen LogP contribution in [-0.2, 0) is 11.2 Å². The summed E-state index contributed by atoms with van der Waals surface area (Å²) in [5.74, 6) is -0.319. The van der Waals surface area contributed by atoms with Crippen molar-refractivity contribution in [3.05, 3.63) is 65.2 Å². The van der Waals surface area contributed by atoms with Gasteiger partial charge in [-0.25, -0.2) is 4.79 Å². The van der Waals surface area contributed by atoms with Gasteiger partial charge in [-0.3, -0.25) is 0 Å². The molecule has 2 N–H and O–H groups in total. The molecule has 0 aromatic heterocycles. The lowest BCUT2D eigenvalue weighted by Crippen LogP contribution is -2.01. The van der Waals surface area contributed by atoms with E-state index in [0.717, 1.165) is 23.2 Å². The minimum Gasteiger partial charge on any atom is -0.465 e. The number of methoxy groups -OCH3 is 1. The van der Waals surface area contributed by atoms with Gasteiger partial charge in [-0.05, 0) is 35.7 Å². The van der Waals surface area contributed by atoms with E-state index in [1.165, 1.54) is 7.11 Å². The molecule has 0 aliphatic carbocycles. The minimum atomic E-state index is -0.319. The first-order valence-corrected chi connectivity index (χ1v) is 5.71. The number of para-hydroxylation sites is 1. The fourth-order valence-corrected chi connectivity index (χ4v) is 1.79. The maximum absolute atomic E-state index is 11.3. The summed E-state index contributed by atoms with van der Waals surface area (Å²) < 4.78 is 4.65. The molecule has 0 aliphatic heterocycles. The SMILES string of the molecule is COC(=O)c1ccc(Cc2ccccc2N)cc1. The summed E-state index contributed by atoms with van der Waals surface area (Å²) in [5.41, 5.74) is 9.44. The molecule has 0 atom stereocenters. The highest BCUT2D eigenvalue weighted by Crippen LogP contribution is 2.16. The highest BCUT2D eigenvalue weighted by molar-refractivity contribution is 5.89. The smallest absolute Gasteiger partial charge is 0.337 e. The van der Waals surface area contributed by atoms with E-state index in [-0.39, 0.29) is 5.97 Å². The van der Waals surface area contributed by atoms with Crippen LogP contribution in [0.1, 0.15) is 21.5 Å². The van der Waals surface area contributed by atoms with Crippen LogP contribution in [-0.4, -0.2) is 13.1 Å². The van der Waals surface area contributed by atoms with Gasteiger partial charge in [0.2, 0.25) is 0 Å². The van der Waals surface area contributed by atoms with Crippen LogP contribution >= 0.6 is 0 Å². The van der Waals surface area contributed by atoms with E-state index in [1.54, 1.807) is 12.1 Å². The van der Waals surface area contributed by atoms with Crippen LogP contribution in [0.15, 0.2) is 48.5 Å². The number of esters is 1. The lowest BCUT2D eigenvalue weighted by molar-refractivity contribution is 0.0600. The Kier molecular flexibility index (Phi) is 3.63. The number of ether oxygens (including phenoxy) is 1. The molecule has 0 heterocycles. The quantitative estimate of drug-likeness (QED) is 0.664. The molecule has 0 bridgehead atoms. The van der Waals surface area contributed by atoms with E-state index in [4.69, 9.17) is 5.73 Å². The van der Waals surface area contributed by atoms with Gasteiger partial charge < -0.3 is 10.5 Å². The Morgan fingerprint density at radius 1 is 1.11 bits per heavy atom. The molecule has 0 fully saturated rings. The van der Waals surface area contributed by atoms with Gasteiger partial charge in [0, 0.05) is 5.69 Å². The third-order valence-corrected chi connectivity index (χ3v) is 2.82. The summed E-state index contributed by atoms with van der Waals surface area (Å²) in [6.45, 7) is 0. The second kappa shape index (κ2) is 5.36.